The van der Waals surface area contributed by atoms with E-state index in [1.807, 2.05) is 0 Å². The summed E-state index contributed by atoms with van der Waals surface area (Å²) < 4.78 is 12.9. The Hall–Kier alpha value is -1.38. The van der Waals surface area contributed by atoms with Crippen LogP contribution in [0.1, 0.15) is 24.8 Å². The number of aliphatic imine (C=N–C) groups is 1. The first kappa shape index (κ1) is 19.7. The molecule has 1 heterocycles. The number of nitrogens with zero attached hydrogens (tertiary/aromatic N) is 2. The maximum atomic E-state index is 12.9. The molecular formula is C16H24FIN4O. The number of carbonyl (C=O) groups excluding carboxylic acids is 1. The summed E-state index contributed by atoms with van der Waals surface area (Å²) in [6.45, 7) is 2.29. The van der Waals surface area contributed by atoms with E-state index in [1.165, 1.54) is 12.1 Å². The molecule has 0 saturated carbocycles. The number of rotatable bonds is 4. The van der Waals surface area contributed by atoms with E-state index >= 15 is 0 Å². The Kier molecular flexibility index (Phi) is 8.29. The molecule has 1 fully saturated rings. The molecule has 0 aliphatic carbocycles. The van der Waals surface area contributed by atoms with Gasteiger partial charge in [0.1, 0.15) is 5.82 Å². The first-order valence-electron chi connectivity index (χ1n) is 7.57. The van der Waals surface area contributed by atoms with Gasteiger partial charge in [-0.3, -0.25) is 9.79 Å². The van der Waals surface area contributed by atoms with Crippen molar-refractivity contribution in [1.82, 2.24) is 10.2 Å². The fourth-order valence-electron chi connectivity index (χ4n) is 2.82. The van der Waals surface area contributed by atoms with Gasteiger partial charge in [-0.25, -0.2) is 4.39 Å². The van der Waals surface area contributed by atoms with Gasteiger partial charge in [-0.2, -0.15) is 0 Å². The van der Waals surface area contributed by atoms with Crippen molar-refractivity contribution >= 4 is 35.8 Å². The quantitative estimate of drug-likeness (QED) is 0.433. The molecule has 3 N–H and O–H groups in total. The van der Waals surface area contributed by atoms with Gasteiger partial charge in [-0.05, 0) is 36.5 Å². The molecule has 1 unspecified atom stereocenters. The van der Waals surface area contributed by atoms with E-state index in [1.54, 1.807) is 19.2 Å². The van der Waals surface area contributed by atoms with Crippen LogP contribution in [0.5, 0.6) is 0 Å². The normalized spacial score (nSPS) is 18.3. The predicted molar refractivity (Wildman–Crippen MR) is 100 cm³/mol. The van der Waals surface area contributed by atoms with Crippen LogP contribution in [-0.4, -0.2) is 36.9 Å². The molecule has 1 aliphatic heterocycles. The molecule has 0 bridgehead atoms. The van der Waals surface area contributed by atoms with E-state index < -0.39 is 0 Å². The minimum absolute atomic E-state index is 0. The lowest BCUT2D eigenvalue weighted by molar-refractivity contribution is -0.119. The number of guanidine groups is 1. The summed E-state index contributed by atoms with van der Waals surface area (Å²) in [5.41, 5.74) is 6.28. The van der Waals surface area contributed by atoms with E-state index in [2.05, 4.69) is 15.2 Å². The highest BCUT2D eigenvalue weighted by atomic mass is 127. The van der Waals surface area contributed by atoms with E-state index in [-0.39, 0.29) is 41.6 Å². The lowest BCUT2D eigenvalue weighted by Gasteiger charge is -2.34. The van der Waals surface area contributed by atoms with Crippen LogP contribution in [0.15, 0.2) is 29.3 Å². The van der Waals surface area contributed by atoms with E-state index in [4.69, 9.17) is 5.73 Å². The molecule has 128 valence electrons. The SMILES string of the molecule is CN=C(NCc1ccc(F)cc1)N1CCCC(CC(N)=O)C1.I. The predicted octanol–water partition coefficient (Wildman–Crippen LogP) is 2.11. The van der Waals surface area contributed by atoms with Gasteiger partial charge >= 0.3 is 0 Å². The number of hydrogen-bond acceptors (Lipinski definition) is 2. The van der Waals surface area contributed by atoms with Crippen LogP contribution in [0.4, 0.5) is 4.39 Å². The molecule has 5 nitrogen and oxygen atoms in total. The molecule has 0 spiro atoms. The minimum atomic E-state index is -0.249. The molecular weight excluding hydrogens is 410 g/mol. The number of piperidine rings is 1. The highest BCUT2D eigenvalue weighted by Gasteiger charge is 2.23. The zero-order chi connectivity index (χ0) is 15.9. The molecule has 0 radical (unpaired) electrons. The second kappa shape index (κ2) is 9.69. The van der Waals surface area contributed by atoms with E-state index in [0.717, 1.165) is 37.5 Å². The van der Waals surface area contributed by atoms with Crippen LogP contribution >= 0.6 is 24.0 Å². The van der Waals surface area contributed by atoms with Crippen molar-refractivity contribution in [3.05, 3.63) is 35.6 Å². The third-order valence-corrected chi connectivity index (χ3v) is 3.88. The molecule has 1 aliphatic rings. The van der Waals surface area contributed by atoms with Crippen LogP contribution in [0, 0.1) is 11.7 Å². The van der Waals surface area contributed by atoms with E-state index in [0.29, 0.717) is 13.0 Å². The average molecular weight is 434 g/mol. The maximum Gasteiger partial charge on any atom is 0.217 e. The molecule has 23 heavy (non-hydrogen) atoms. The topological polar surface area (TPSA) is 70.7 Å². The molecule has 1 aromatic carbocycles. The number of nitrogens with one attached hydrogen (secondary N) is 1. The van der Waals surface area contributed by atoms with Crippen LogP contribution in [0.25, 0.3) is 0 Å². The third kappa shape index (κ3) is 6.32. The highest BCUT2D eigenvalue weighted by molar-refractivity contribution is 14.0. The number of primary amides is 1. The lowest BCUT2D eigenvalue weighted by Crippen LogP contribution is -2.46. The molecule has 1 atom stereocenters. The minimum Gasteiger partial charge on any atom is -0.370 e. The fraction of sp³-hybridized carbons (Fsp3) is 0.500. The number of halogens is 2. The molecule has 1 amide bonds. The Morgan fingerprint density at radius 2 is 2.13 bits per heavy atom. The number of likely N-dealkylation sites (tertiary alicyclic amines) is 1. The summed E-state index contributed by atoms with van der Waals surface area (Å²) in [7, 11) is 1.74. The third-order valence-electron chi connectivity index (χ3n) is 3.88. The van der Waals surface area contributed by atoms with Crippen LogP contribution in [0.2, 0.25) is 0 Å². The van der Waals surface area contributed by atoms with Crippen molar-refractivity contribution in [3.8, 4) is 0 Å². The number of benzene rings is 1. The van der Waals surface area contributed by atoms with Crippen molar-refractivity contribution in [2.75, 3.05) is 20.1 Å². The first-order valence-corrected chi connectivity index (χ1v) is 7.57. The van der Waals surface area contributed by atoms with Gasteiger partial charge in [0.15, 0.2) is 5.96 Å². The number of carbonyl (C=O) groups is 1. The standard InChI is InChI=1S/C16H23FN4O.HI/c1-19-16(20-10-12-4-6-14(17)7-5-12)21-8-2-3-13(11-21)9-15(18)22;/h4-7,13H,2-3,8-11H2,1H3,(H2,18,22)(H,19,20);1H. The Labute approximate surface area is 153 Å². The smallest absolute Gasteiger partial charge is 0.217 e. The maximum absolute atomic E-state index is 12.9. The van der Waals surface area contributed by atoms with Gasteiger partial charge in [0.25, 0.3) is 0 Å². The second-order valence-corrected chi connectivity index (χ2v) is 5.65. The monoisotopic (exact) mass is 434 g/mol. The van der Waals surface area contributed by atoms with Gasteiger partial charge in [0, 0.05) is 33.1 Å². The van der Waals surface area contributed by atoms with Crippen molar-refractivity contribution in [2.24, 2.45) is 16.6 Å². The summed E-state index contributed by atoms with van der Waals surface area (Å²) in [6, 6.07) is 6.40. The molecule has 1 saturated heterocycles. The Balaban J connectivity index is 0.00000264. The molecule has 2 rings (SSSR count). The summed E-state index contributed by atoms with van der Waals surface area (Å²) in [4.78, 5) is 17.5. The summed E-state index contributed by atoms with van der Waals surface area (Å²) in [6.07, 6.45) is 2.47. The zero-order valence-electron chi connectivity index (χ0n) is 13.3. The van der Waals surface area contributed by atoms with Crippen molar-refractivity contribution < 1.29 is 9.18 Å². The van der Waals surface area contributed by atoms with Crippen molar-refractivity contribution in [1.29, 1.82) is 0 Å². The van der Waals surface area contributed by atoms with E-state index in [9.17, 15) is 9.18 Å². The number of amides is 1. The molecule has 0 aromatic heterocycles. The average Bonchev–Trinajstić information content (AvgIpc) is 2.49. The largest absolute Gasteiger partial charge is 0.370 e. The fourth-order valence-corrected chi connectivity index (χ4v) is 2.82. The van der Waals surface area contributed by atoms with Crippen LogP contribution in [-0.2, 0) is 11.3 Å². The number of hydrogen-bond donors (Lipinski definition) is 2. The van der Waals surface area contributed by atoms with Crippen LogP contribution in [0.3, 0.4) is 0 Å². The summed E-state index contributed by atoms with van der Waals surface area (Å²) >= 11 is 0. The molecule has 7 heteroatoms. The van der Waals surface area contributed by atoms with Crippen LogP contribution < -0.4 is 11.1 Å². The highest BCUT2D eigenvalue weighted by Crippen LogP contribution is 2.19. The second-order valence-electron chi connectivity index (χ2n) is 5.65. The molecule has 1 aromatic rings. The first-order chi connectivity index (χ1) is 10.6. The summed E-state index contributed by atoms with van der Waals surface area (Å²) in [5.74, 6) is 0.605. The Morgan fingerprint density at radius 1 is 1.43 bits per heavy atom. The van der Waals surface area contributed by atoms with Gasteiger partial charge in [0.05, 0.1) is 0 Å². The van der Waals surface area contributed by atoms with Gasteiger partial charge < -0.3 is 16.0 Å². The lowest BCUT2D eigenvalue weighted by atomic mass is 9.95. The van der Waals surface area contributed by atoms with Crippen molar-refractivity contribution in [2.45, 2.75) is 25.8 Å². The Morgan fingerprint density at radius 3 is 2.74 bits per heavy atom. The van der Waals surface area contributed by atoms with Crippen molar-refractivity contribution in [3.63, 3.8) is 0 Å². The Bertz CT molecular complexity index is 535. The summed E-state index contributed by atoms with van der Waals surface area (Å²) in [5, 5.41) is 3.29. The van der Waals surface area contributed by atoms with Gasteiger partial charge in [0.2, 0.25) is 5.91 Å². The zero-order valence-corrected chi connectivity index (χ0v) is 15.6. The number of nitrogens with two attached hydrogens (primary N) is 1. The van der Waals surface area contributed by atoms with Gasteiger partial charge in [-0.1, -0.05) is 12.1 Å². The van der Waals surface area contributed by atoms with Gasteiger partial charge in [-0.15, -0.1) is 24.0 Å².